The van der Waals surface area contributed by atoms with Crippen LogP contribution in [0.4, 0.5) is 0 Å². The van der Waals surface area contributed by atoms with Crippen molar-refractivity contribution in [2.24, 2.45) is 11.8 Å². The van der Waals surface area contributed by atoms with Crippen LogP contribution in [0.2, 0.25) is 0 Å². The summed E-state index contributed by atoms with van der Waals surface area (Å²) >= 11 is 0. The number of likely N-dealkylation sites (tertiary alicyclic amines) is 1. The molecule has 2 heterocycles. The molecular weight excluding hydrogens is 204 g/mol. The summed E-state index contributed by atoms with van der Waals surface area (Å²) in [6.07, 6.45) is 2.74. The van der Waals surface area contributed by atoms with E-state index < -0.39 is 0 Å². The van der Waals surface area contributed by atoms with Crippen molar-refractivity contribution in [3.63, 3.8) is 0 Å². The van der Waals surface area contributed by atoms with Crippen molar-refractivity contribution in [3.8, 4) is 0 Å². The number of nitrogens with zero attached hydrogens (tertiary/aromatic N) is 1. The molecule has 2 saturated heterocycles. The van der Waals surface area contributed by atoms with Gasteiger partial charge in [-0.25, -0.2) is 0 Å². The van der Waals surface area contributed by atoms with Crippen molar-refractivity contribution < 1.29 is 9.59 Å². The lowest BCUT2D eigenvalue weighted by Gasteiger charge is -2.26. The third-order valence-electron chi connectivity index (χ3n) is 3.76. The Bertz CT molecular complexity index is 285. The maximum Gasteiger partial charge on any atom is 0.225 e. The number of carbonyl (C=O) groups excluding carboxylic acids is 2. The molecule has 0 aromatic heterocycles. The molecule has 2 aliphatic heterocycles. The molecule has 1 amide bonds. The lowest BCUT2D eigenvalue weighted by molar-refractivity contribution is -0.135. The second kappa shape index (κ2) is 4.95. The number of hydrogen-bond acceptors (Lipinski definition) is 3. The number of Topliss-reactive ketones (excluding diaryl/α,β-unsaturated/α-hetero) is 1. The minimum absolute atomic E-state index is 0.0886. The van der Waals surface area contributed by atoms with Crippen LogP contribution in [0.5, 0.6) is 0 Å². The van der Waals surface area contributed by atoms with Crippen molar-refractivity contribution in [3.05, 3.63) is 0 Å². The van der Waals surface area contributed by atoms with Gasteiger partial charge in [0.2, 0.25) is 5.91 Å². The summed E-state index contributed by atoms with van der Waals surface area (Å²) in [7, 11) is 0. The molecule has 0 spiro atoms. The van der Waals surface area contributed by atoms with Gasteiger partial charge in [-0.3, -0.25) is 9.59 Å². The number of carbonyl (C=O) groups is 2. The van der Waals surface area contributed by atoms with Gasteiger partial charge in [-0.15, -0.1) is 0 Å². The van der Waals surface area contributed by atoms with E-state index in [0.717, 1.165) is 38.9 Å². The van der Waals surface area contributed by atoms with E-state index in [0.29, 0.717) is 6.54 Å². The fourth-order valence-corrected chi connectivity index (χ4v) is 2.62. The minimum Gasteiger partial charge on any atom is -0.342 e. The molecule has 2 rings (SSSR count). The van der Waals surface area contributed by atoms with Crippen molar-refractivity contribution >= 4 is 11.7 Å². The Morgan fingerprint density at radius 3 is 2.38 bits per heavy atom. The smallest absolute Gasteiger partial charge is 0.225 e. The van der Waals surface area contributed by atoms with Gasteiger partial charge in [0.1, 0.15) is 5.78 Å². The standard InChI is InChI=1S/C12H20N2O2/c1-9(15)11-4-7-14(8-11)12(16)10-2-5-13-6-3-10/h10-11,13H,2-8H2,1H3/t11-/m1/s1. The van der Waals surface area contributed by atoms with Crippen LogP contribution in [-0.2, 0) is 9.59 Å². The lowest BCUT2D eigenvalue weighted by atomic mass is 9.96. The summed E-state index contributed by atoms with van der Waals surface area (Å²) < 4.78 is 0. The van der Waals surface area contributed by atoms with Crippen LogP contribution in [-0.4, -0.2) is 42.8 Å². The van der Waals surface area contributed by atoms with Crippen LogP contribution in [0, 0.1) is 11.8 Å². The molecule has 0 saturated carbocycles. The van der Waals surface area contributed by atoms with Crippen LogP contribution < -0.4 is 5.32 Å². The zero-order valence-electron chi connectivity index (χ0n) is 9.87. The number of rotatable bonds is 2. The Morgan fingerprint density at radius 2 is 1.81 bits per heavy atom. The van der Waals surface area contributed by atoms with E-state index >= 15 is 0 Å². The summed E-state index contributed by atoms with van der Waals surface area (Å²) in [6.45, 7) is 4.94. The first kappa shape index (κ1) is 11.6. The maximum absolute atomic E-state index is 12.2. The second-order valence-corrected chi connectivity index (χ2v) is 4.90. The van der Waals surface area contributed by atoms with E-state index in [1.165, 1.54) is 0 Å². The molecule has 0 radical (unpaired) electrons. The lowest BCUT2D eigenvalue weighted by Crippen LogP contribution is -2.40. The Morgan fingerprint density at radius 1 is 1.12 bits per heavy atom. The molecular formula is C12H20N2O2. The summed E-state index contributed by atoms with van der Waals surface area (Å²) in [5, 5.41) is 3.26. The van der Waals surface area contributed by atoms with Gasteiger partial charge in [0.15, 0.2) is 0 Å². The van der Waals surface area contributed by atoms with E-state index in [9.17, 15) is 9.59 Å². The van der Waals surface area contributed by atoms with Crippen LogP contribution in [0.1, 0.15) is 26.2 Å². The highest BCUT2D eigenvalue weighted by atomic mass is 16.2. The van der Waals surface area contributed by atoms with Gasteiger partial charge in [-0.1, -0.05) is 0 Å². The zero-order valence-corrected chi connectivity index (χ0v) is 9.87. The molecule has 1 atom stereocenters. The van der Waals surface area contributed by atoms with E-state index in [1.54, 1.807) is 6.92 Å². The monoisotopic (exact) mass is 224 g/mol. The highest BCUT2D eigenvalue weighted by Gasteiger charge is 2.32. The molecule has 0 aromatic rings. The first-order chi connectivity index (χ1) is 7.68. The molecule has 4 nitrogen and oxygen atoms in total. The second-order valence-electron chi connectivity index (χ2n) is 4.90. The third-order valence-corrected chi connectivity index (χ3v) is 3.76. The van der Waals surface area contributed by atoms with Crippen LogP contribution in [0.3, 0.4) is 0 Å². The summed E-state index contributed by atoms with van der Waals surface area (Å²) in [6, 6.07) is 0. The average Bonchev–Trinajstić information content (AvgIpc) is 2.78. The van der Waals surface area contributed by atoms with Gasteiger partial charge in [0.25, 0.3) is 0 Å². The average molecular weight is 224 g/mol. The van der Waals surface area contributed by atoms with E-state index in [-0.39, 0.29) is 23.5 Å². The molecule has 0 bridgehead atoms. The molecule has 2 fully saturated rings. The quantitative estimate of drug-likeness (QED) is 0.739. The topological polar surface area (TPSA) is 49.4 Å². The first-order valence-corrected chi connectivity index (χ1v) is 6.18. The SMILES string of the molecule is CC(=O)[C@@H]1CCN(C(=O)C2CCNCC2)C1. The Labute approximate surface area is 96.4 Å². The first-order valence-electron chi connectivity index (χ1n) is 6.18. The molecule has 1 N–H and O–H groups in total. The third kappa shape index (κ3) is 2.43. The summed E-state index contributed by atoms with van der Waals surface area (Å²) in [5.41, 5.74) is 0. The molecule has 0 unspecified atom stereocenters. The van der Waals surface area contributed by atoms with Crippen molar-refractivity contribution in [1.29, 1.82) is 0 Å². The van der Waals surface area contributed by atoms with Crippen LogP contribution in [0.15, 0.2) is 0 Å². The Kier molecular flexibility index (Phi) is 3.59. The summed E-state index contributed by atoms with van der Waals surface area (Å²) in [5.74, 6) is 0.767. The van der Waals surface area contributed by atoms with Crippen LogP contribution >= 0.6 is 0 Å². The predicted octanol–water partition coefficient (Wildman–Crippen LogP) is 0.424. The minimum atomic E-state index is 0.0886. The van der Waals surface area contributed by atoms with Gasteiger partial charge >= 0.3 is 0 Å². The van der Waals surface area contributed by atoms with Gasteiger partial charge in [-0.2, -0.15) is 0 Å². The molecule has 0 aliphatic carbocycles. The molecule has 16 heavy (non-hydrogen) atoms. The summed E-state index contributed by atoms with van der Waals surface area (Å²) in [4.78, 5) is 25.3. The Balaban J connectivity index is 1.88. The van der Waals surface area contributed by atoms with Crippen LogP contribution in [0.25, 0.3) is 0 Å². The Hall–Kier alpha value is -0.900. The van der Waals surface area contributed by atoms with Gasteiger partial charge in [-0.05, 0) is 39.3 Å². The number of ketones is 1. The van der Waals surface area contributed by atoms with Gasteiger partial charge < -0.3 is 10.2 Å². The van der Waals surface area contributed by atoms with Crippen molar-refractivity contribution in [2.45, 2.75) is 26.2 Å². The van der Waals surface area contributed by atoms with Crippen molar-refractivity contribution in [1.82, 2.24) is 10.2 Å². The largest absolute Gasteiger partial charge is 0.342 e. The number of piperidine rings is 1. The zero-order chi connectivity index (χ0) is 11.5. The highest BCUT2D eigenvalue weighted by molar-refractivity contribution is 5.83. The molecule has 90 valence electrons. The number of hydrogen-bond donors (Lipinski definition) is 1. The van der Waals surface area contributed by atoms with E-state index in [4.69, 9.17) is 0 Å². The normalized spacial score (nSPS) is 27.1. The number of amides is 1. The fourth-order valence-electron chi connectivity index (χ4n) is 2.62. The number of nitrogens with one attached hydrogen (secondary N) is 1. The van der Waals surface area contributed by atoms with Gasteiger partial charge in [0.05, 0.1) is 0 Å². The molecule has 2 aliphatic rings. The maximum atomic E-state index is 12.2. The highest BCUT2D eigenvalue weighted by Crippen LogP contribution is 2.22. The van der Waals surface area contributed by atoms with E-state index in [2.05, 4.69) is 5.32 Å². The fraction of sp³-hybridized carbons (Fsp3) is 0.833. The van der Waals surface area contributed by atoms with Crippen molar-refractivity contribution in [2.75, 3.05) is 26.2 Å². The van der Waals surface area contributed by atoms with E-state index in [1.807, 2.05) is 4.90 Å². The molecule has 4 heteroatoms. The predicted molar refractivity (Wildman–Crippen MR) is 61.0 cm³/mol. The molecule has 0 aromatic carbocycles. The van der Waals surface area contributed by atoms with Gasteiger partial charge in [0, 0.05) is 24.9 Å².